The van der Waals surface area contributed by atoms with Crippen LogP contribution in [0.3, 0.4) is 0 Å². The maximum absolute atomic E-state index is 12.2. The van der Waals surface area contributed by atoms with Crippen molar-refractivity contribution in [2.24, 2.45) is 5.73 Å². The molecular weight excluding hydrogens is 219 g/mol. The summed E-state index contributed by atoms with van der Waals surface area (Å²) < 4.78 is 41.4. The average Bonchev–Trinajstić information content (AvgIpc) is 2.49. The summed E-state index contributed by atoms with van der Waals surface area (Å²) in [5.74, 6) is 0. The Morgan fingerprint density at radius 2 is 1.79 bits per heavy atom. The van der Waals surface area contributed by atoms with E-state index in [1.54, 1.807) is 0 Å². The van der Waals surface area contributed by atoms with E-state index >= 15 is 0 Å². The van der Waals surface area contributed by atoms with E-state index in [0.717, 1.165) is 25.7 Å². The van der Waals surface area contributed by atoms with Gasteiger partial charge in [0.05, 0.1) is 6.10 Å². The van der Waals surface area contributed by atoms with Crippen LogP contribution in [0.2, 0.25) is 0 Å². The van der Waals surface area contributed by atoms with Gasteiger partial charge in [-0.05, 0) is 12.8 Å². The first-order valence-corrected chi connectivity index (χ1v) is 4.46. The molecule has 0 aliphatic heterocycles. The summed E-state index contributed by atoms with van der Waals surface area (Å²) in [5.41, 5.74) is 4.99. The van der Waals surface area contributed by atoms with E-state index in [0.29, 0.717) is 0 Å². The second-order valence-electron chi connectivity index (χ2n) is 3.31. The normalized spacial score (nSPS) is 20.6. The summed E-state index contributed by atoms with van der Waals surface area (Å²) in [4.78, 5) is 0. The minimum absolute atomic E-state index is 0. The molecule has 1 aliphatic rings. The molecule has 6 heteroatoms. The van der Waals surface area contributed by atoms with Gasteiger partial charge in [0.1, 0.15) is 0 Å². The molecule has 0 aromatic heterocycles. The predicted octanol–water partition coefficient (Wildman–Crippen LogP) is 2.26. The molecule has 2 N–H and O–H groups in total. The smallest absolute Gasteiger partial charge is 0.364 e. The molecular formula is C8H15ClF3NO. The van der Waals surface area contributed by atoms with Gasteiger partial charge < -0.3 is 10.5 Å². The molecule has 1 unspecified atom stereocenters. The quantitative estimate of drug-likeness (QED) is 0.812. The predicted molar refractivity (Wildman–Crippen MR) is 49.5 cm³/mol. The first-order valence-electron chi connectivity index (χ1n) is 4.46. The minimum Gasteiger partial charge on any atom is -0.364 e. The van der Waals surface area contributed by atoms with E-state index in [1.165, 1.54) is 0 Å². The lowest BCUT2D eigenvalue weighted by Crippen LogP contribution is -2.40. The zero-order valence-electron chi connectivity index (χ0n) is 7.72. The highest BCUT2D eigenvalue weighted by atomic mass is 35.5. The van der Waals surface area contributed by atoms with Crippen molar-refractivity contribution >= 4 is 12.4 Å². The number of halogens is 4. The summed E-state index contributed by atoms with van der Waals surface area (Å²) in [6, 6.07) is 0. The second kappa shape index (κ2) is 5.78. The van der Waals surface area contributed by atoms with Gasteiger partial charge in [0.15, 0.2) is 6.10 Å². The van der Waals surface area contributed by atoms with Crippen LogP contribution >= 0.6 is 12.4 Å². The molecule has 1 atom stereocenters. The third-order valence-electron chi connectivity index (χ3n) is 2.24. The van der Waals surface area contributed by atoms with Crippen molar-refractivity contribution in [3.63, 3.8) is 0 Å². The maximum atomic E-state index is 12.2. The first-order chi connectivity index (χ1) is 6.04. The van der Waals surface area contributed by atoms with E-state index < -0.39 is 18.8 Å². The van der Waals surface area contributed by atoms with E-state index in [1.807, 2.05) is 0 Å². The van der Waals surface area contributed by atoms with Crippen molar-refractivity contribution in [2.75, 3.05) is 6.54 Å². The Labute approximate surface area is 87.4 Å². The molecule has 0 aromatic carbocycles. The fourth-order valence-corrected chi connectivity index (χ4v) is 1.52. The Balaban J connectivity index is 0.00000169. The van der Waals surface area contributed by atoms with E-state index in [9.17, 15) is 13.2 Å². The number of ether oxygens (including phenoxy) is 1. The zero-order chi connectivity index (χ0) is 9.90. The fourth-order valence-electron chi connectivity index (χ4n) is 1.52. The zero-order valence-corrected chi connectivity index (χ0v) is 8.53. The first kappa shape index (κ1) is 14.0. The SMILES string of the molecule is Cl.NCC(OC1CCCC1)C(F)(F)F. The molecule has 0 radical (unpaired) electrons. The van der Waals surface area contributed by atoms with Gasteiger partial charge in [-0.2, -0.15) is 13.2 Å². The van der Waals surface area contributed by atoms with Crippen molar-refractivity contribution in [3.05, 3.63) is 0 Å². The molecule has 1 fully saturated rings. The summed E-state index contributed by atoms with van der Waals surface area (Å²) >= 11 is 0. The van der Waals surface area contributed by atoms with E-state index in [-0.39, 0.29) is 18.5 Å². The highest BCUT2D eigenvalue weighted by Crippen LogP contribution is 2.28. The second-order valence-corrected chi connectivity index (χ2v) is 3.31. The maximum Gasteiger partial charge on any atom is 0.415 e. The van der Waals surface area contributed by atoms with Crippen LogP contribution < -0.4 is 5.73 Å². The van der Waals surface area contributed by atoms with Crippen LogP contribution in [0, 0.1) is 0 Å². The Morgan fingerprint density at radius 1 is 1.29 bits per heavy atom. The van der Waals surface area contributed by atoms with Crippen molar-refractivity contribution in [1.82, 2.24) is 0 Å². The largest absolute Gasteiger partial charge is 0.415 e. The highest BCUT2D eigenvalue weighted by Gasteiger charge is 2.41. The summed E-state index contributed by atoms with van der Waals surface area (Å²) in [7, 11) is 0. The van der Waals surface area contributed by atoms with E-state index in [4.69, 9.17) is 10.5 Å². The van der Waals surface area contributed by atoms with Crippen LogP contribution in [0.1, 0.15) is 25.7 Å². The van der Waals surface area contributed by atoms with Gasteiger partial charge in [-0.25, -0.2) is 0 Å². The molecule has 0 heterocycles. The van der Waals surface area contributed by atoms with Gasteiger partial charge in [0.2, 0.25) is 0 Å². The van der Waals surface area contributed by atoms with Crippen LogP contribution in [0.15, 0.2) is 0 Å². The Morgan fingerprint density at radius 3 is 2.14 bits per heavy atom. The lowest BCUT2D eigenvalue weighted by Gasteiger charge is -2.22. The highest BCUT2D eigenvalue weighted by molar-refractivity contribution is 5.85. The number of nitrogens with two attached hydrogens (primary N) is 1. The third-order valence-corrected chi connectivity index (χ3v) is 2.24. The molecule has 0 spiro atoms. The Bertz CT molecular complexity index is 159. The lowest BCUT2D eigenvalue weighted by molar-refractivity contribution is -0.228. The van der Waals surface area contributed by atoms with Gasteiger partial charge in [0.25, 0.3) is 0 Å². The number of hydrogen-bond acceptors (Lipinski definition) is 2. The summed E-state index contributed by atoms with van der Waals surface area (Å²) in [5, 5.41) is 0. The average molecular weight is 234 g/mol. The van der Waals surface area contributed by atoms with Crippen molar-refractivity contribution < 1.29 is 17.9 Å². The monoisotopic (exact) mass is 233 g/mol. The van der Waals surface area contributed by atoms with Gasteiger partial charge >= 0.3 is 6.18 Å². The molecule has 0 bridgehead atoms. The Hall–Kier alpha value is -0.0000000000000000555. The van der Waals surface area contributed by atoms with Gasteiger partial charge in [0, 0.05) is 6.54 Å². The van der Waals surface area contributed by atoms with Gasteiger partial charge in [-0.3, -0.25) is 0 Å². The van der Waals surface area contributed by atoms with Gasteiger partial charge in [-0.1, -0.05) is 12.8 Å². The molecule has 1 saturated carbocycles. The molecule has 1 rings (SSSR count). The van der Waals surface area contributed by atoms with Crippen LogP contribution in [0.5, 0.6) is 0 Å². The van der Waals surface area contributed by atoms with Crippen LogP contribution in [0.4, 0.5) is 13.2 Å². The Kier molecular flexibility index (Phi) is 5.78. The topological polar surface area (TPSA) is 35.2 Å². The van der Waals surface area contributed by atoms with Crippen LogP contribution in [0.25, 0.3) is 0 Å². The summed E-state index contributed by atoms with van der Waals surface area (Å²) in [6.07, 6.45) is -2.97. The van der Waals surface area contributed by atoms with Crippen molar-refractivity contribution in [1.29, 1.82) is 0 Å². The van der Waals surface area contributed by atoms with Gasteiger partial charge in [-0.15, -0.1) is 12.4 Å². The molecule has 86 valence electrons. The number of hydrogen-bond donors (Lipinski definition) is 1. The fraction of sp³-hybridized carbons (Fsp3) is 1.00. The lowest BCUT2D eigenvalue weighted by atomic mass is 10.3. The van der Waals surface area contributed by atoms with E-state index in [2.05, 4.69) is 0 Å². The molecule has 0 aromatic rings. The number of rotatable bonds is 3. The molecule has 1 aliphatic carbocycles. The summed E-state index contributed by atoms with van der Waals surface area (Å²) in [6.45, 7) is -0.486. The number of alkyl halides is 3. The minimum atomic E-state index is -4.32. The standard InChI is InChI=1S/C8H14F3NO.ClH/c9-8(10,11)7(5-12)13-6-3-1-2-4-6;/h6-7H,1-5,12H2;1H. The molecule has 14 heavy (non-hydrogen) atoms. The molecule has 0 amide bonds. The third kappa shape index (κ3) is 4.02. The molecule has 2 nitrogen and oxygen atoms in total. The van der Waals surface area contributed by atoms with Crippen LogP contribution in [-0.2, 0) is 4.74 Å². The van der Waals surface area contributed by atoms with Crippen molar-refractivity contribution in [3.8, 4) is 0 Å². The molecule has 0 saturated heterocycles. The van der Waals surface area contributed by atoms with Crippen molar-refractivity contribution in [2.45, 2.75) is 44.1 Å². The van der Waals surface area contributed by atoms with Crippen LogP contribution in [-0.4, -0.2) is 24.9 Å².